The van der Waals surface area contributed by atoms with E-state index < -0.39 is 0 Å². The van der Waals surface area contributed by atoms with Gasteiger partial charge in [0.1, 0.15) is 6.33 Å². The van der Waals surface area contributed by atoms with E-state index in [0.29, 0.717) is 5.75 Å². The summed E-state index contributed by atoms with van der Waals surface area (Å²) >= 11 is 1.37. The van der Waals surface area contributed by atoms with E-state index >= 15 is 0 Å². The van der Waals surface area contributed by atoms with Gasteiger partial charge in [-0.05, 0) is 24.1 Å². The third-order valence-electron chi connectivity index (χ3n) is 2.78. The molecular weight excluding hydrogens is 272 g/mol. The summed E-state index contributed by atoms with van der Waals surface area (Å²) in [4.78, 5) is 11.8. The Morgan fingerprint density at radius 1 is 1.35 bits per heavy atom. The zero-order valence-electron chi connectivity index (χ0n) is 11.7. The average molecular weight is 290 g/mol. The molecule has 1 N–H and O–H groups in total. The van der Waals surface area contributed by atoms with Crippen LogP contribution in [0.4, 0.5) is 5.69 Å². The van der Waals surface area contributed by atoms with Gasteiger partial charge in [0, 0.05) is 12.7 Å². The number of amides is 1. The molecule has 0 fully saturated rings. The molecule has 0 aliphatic rings. The van der Waals surface area contributed by atoms with Crippen molar-refractivity contribution in [2.75, 3.05) is 11.1 Å². The number of aryl methyl sites for hydroxylation is 2. The molecule has 2 aromatic rings. The lowest BCUT2D eigenvalue weighted by Crippen LogP contribution is -2.14. The Morgan fingerprint density at radius 3 is 2.70 bits per heavy atom. The predicted octanol–water partition coefficient (Wildman–Crippen LogP) is 2.50. The fourth-order valence-electron chi connectivity index (χ4n) is 1.77. The second-order valence-corrected chi connectivity index (χ2v) is 5.45. The van der Waals surface area contributed by atoms with Crippen molar-refractivity contribution >= 4 is 23.4 Å². The van der Waals surface area contributed by atoms with Crippen molar-refractivity contribution in [3.63, 3.8) is 0 Å². The van der Waals surface area contributed by atoms with Crippen molar-refractivity contribution in [3.05, 3.63) is 36.2 Å². The maximum Gasteiger partial charge on any atom is 0.234 e. The fourth-order valence-corrected chi connectivity index (χ4v) is 2.46. The number of carbonyl (C=O) groups excluding carboxylic acids is 1. The van der Waals surface area contributed by atoms with Crippen molar-refractivity contribution < 1.29 is 4.79 Å². The second kappa shape index (κ2) is 7.09. The van der Waals surface area contributed by atoms with Crippen molar-refractivity contribution in [2.45, 2.75) is 24.9 Å². The van der Waals surface area contributed by atoms with Crippen LogP contribution in [0.1, 0.15) is 18.9 Å². The minimum Gasteiger partial charge on any atom is -0.325 e. The molecule has 5 nitrogen and oxygen atoms in total. The highest BCUT2D eigenvalue weighted by atomic mass is 32.2. The van der Waals surface area contributed by atoms with E-state index in [2.05, 4.69) is 34.6 Å². The van der Waals surface area contributed by atoms with Crippen LogP contribution in [0.15, 0.2) is 35.7 Å². The van der Waals surface area contributed by atoms with Crippen LogP contribution in [-0.4, -0.2) is 26.4 Å². The summed E-state index contributed by atoms with van der Waals surface area (Å²) in [6.07, 6.45) is 3.81. The molecule has 0 bridgehead atoms. The van der Waals surface area contributed by atoms with Gasteiger partial charge < -0.3 is 9.88 Å². The molecule has 1 aromatic heterocycles. The molecule has 0 saturated carbocycles. The molecule has 20 heavy (non-hydrogen) atoms. The summed E-state index contributed by atoms with van der Waals surface area (Å²) in [5, 5.41) is 11.3. The minimum atomic E-state index is -0.0405. The van der Waals surface area contributed by atoms with E-state index in [4.69, 9.17) is 0 Å². The van der Waals surface area contributed by atoms with E-state index in [9.17, 15) is 4.79 Å². The minimum absolute atomic E-state index is 0.0405. The quantitative estimate of drug-likeness (QED) is 0.830. The van der Waals surface area contributed by atoms with Crippen molar-refractivity contribution in [2.24, 2.45) is 7.05 Å². The van der Waals surface area contributed by atoms with Gasteiger partial charge in [-0.3, -0.25) is 4.79 Å². The zero-order chi connectivity index (χ0) is 14.4. The first-order valence-corrected chi connectivity index (χ1v) is 7.53. The number of anilines is 1. The molecule has 106 valence electrons. The Labute approximate surface area is 122 Å². The van der Waals surface area contributed by atoms with Crippen LogP contribution in [0.2, 0.25) is 0 Å². The molecule has 1 aromatic carbocycles. The first-order valence-electron chi connectivity index (χ1n) is 6.54. The van der Waals surface area contributed by atoms with Gasteiger partial charge in [-0.25, -0.2) is 0 Å². The summed E-state index contributed by atoms with van der Waals surface area (Å²) in [6.45, 7) is 2.15. The topological polar surface area (TPSA) is 59.8 Å². The van der Waals surface area contributed by atoms with Gasteiger partial charge in [-0.2, -0.15) is 0 Å². The molecule has 0 atom stereocenters. The molecule has 6 heteroatoms. The number of carbonyl (C=O) groups is 1. The number of hydrogen-bond acceptors (Lipinski definition) is 4. The van der Waals surface area contributed by atoms with Crippen molar-refractivity contribution in [1.82, 2.24) is 14.8 Å². The molecular formula is C14H18N4OS. The van der Waals surface area contributed by atoms with Crippen LogP contribution >= 0.6 is 11.8 Å². The zero-order valence-corrected chi connectivity index (χ0v) is 12.5. The second-order valence-electron chi connectivity index (χ2n) is 4.51. The lowest BCUT2D eigenvalue weighted by Gasteiger charge is -2.06. The van der Waals surface area contributed by atoms with Crippen LogP contribution in [0, 0.1) is 0 Å². The molecule has 0 saturated heterocycles. The van der Waals surface area contributed by atoms with Gasteiger partial charge in [0.05, 0.1) is 5.75 Å². The number of nitrogens with zero attached hydrogens (tertiary/aromatic N) is 3. The Bertz CT molecular complexity index is 565. The maximum atomic E-state index is 11.8. The predicted molar refractivity (Wildman–Crippen MR) is 80.8 cm³/mol. The highest BCUT2D eigenvalue weighted by Crippen LogP contribution is 2.15. The highest BCUT2D eigenvalue weighted by Gasteiger charge is 2.07. The Balaban J connectivity index is 1.83. The molecule has 2 rings (SSSR count). The molecule has 0 radical (unpaired) electrons. The van der Waals surface area contributed by atoms with Crippen LogP contribution < -0.4 is 5.32 Å². The summed E-state index contributed by atoms with van der Waals surface area (Å²) in [6, 6.07) is 7.98. The standard InChI is InChI=1S/C14H18N4OS/c1-3-4-11-5-7-12(8-6-11)16-13(19)9-20-14-17-15-10-18(14)2/h5-8,10H,3-4,9H2,1-2H3,(H,16,19). The first kappa shape index (κ1) is 14.6. The molecule has 0 aliphatic heterocycles. The van der Waals surface area contributed by atoms with E-state index in [0.717, 1.165) is 23.7 Å². The summed E-state index contributed by atoms with van der Waals surface area (Å²) in [5.74, 6) is 0.282. The monoisotopic (exact) mass is 290 g/mol. The Hall–Kier alpha value is -1.82. The van der Waals surface area contributed by atoms with E-state index in [-0.39, 0.29) is 5.91 Å². The highest BCUT2D eigenvalue weighted by molar-refractivity contribution is 7.99. The van der Waals surface area contributed by atoms with Gasteiger partial charge in [-0.15, -0.1) is 10.2 Å². The van der Waals surface area contributed by atoms with Gasteiger partial charge in [-0.1, -0.05) is 37.2 Å². The average Bonchev–Trinajstić information content (AvgIpc) is 2.84. The Morgan fingerprint density at radius 2 is 2.10 bits per heavy atom. The lowest BCUT2D eigenvalue weighted by atomic mass is 10.1. The van der Waals surface area contributed by atoms with E-state index in [1.165, 1.54) is 17.3 Å². The van der Waals surface area contributed by atoms with E-state index in [1.807, 2.05) is 19.2 Å². The van der Waals surface area contributed by atoms with Gasteiger partial charge >= 0.3 is 0 Å². The van der Waals surface area contributed by atoms with Gasteiger partial charge in [0.15, 0.2) is 5.16 Å². The molecule has 0 spiro atoms. The SMILES string of the molecule is CCCc1ccc(NC(=O)CSc2nncn2C)cc1. The summed E-state index contributed by atoms with van der Waals surface area (Å²) < 4.78 is 1.79. The fraction of sp³-hybridized carbons (Fsp3) is 0.357. The first-order chi connectivity index (χ1) is 9.69. The number of rotatable bonds is 6. The van der Waals surface area contributed by atoms with Gasteiger partial charge in [0.25, 0.3) is 0 Å². The molecule has 1 amide bonds. The number of thioether (sulfide) groups is 1. The number of hydrogen-bond donors (Lipinski definition) is 1. The van der Waals surface area contributed by atoms with Crippen LogP contribution in [-0.2, 0) is 18.3 Å². The largest absolute Gasteiger partial charge is 0.325 e. The molecule has 0 aliphatic carbocycles. The number of aromatic nitrogens is 3. The summed E-state index contributed by atoms with van der Waals surface area (Å²) in [5.41, 5.74) is 2.12. The maximum absolute atomic E-state index is 11.8. The van der Waals surface area contributed by atoms with E-state index in [1.54, 1.807) is 10.9 Å². The normalized spacial score (nSPS) is 10.5. The van der Waals surface area contributed by atoms with Crippen molar-refractivity contribution in [3.8, 4) is 0 Å². The summed E-state index contributed by atoms with van der Waals surface area (Å²) in [7, 11) is 1.85. The molecule has 1 heterocycles. The van der Waals surface area contributed by atoms with Crippen LogP contribution in [0.5, 0.6) is 0 Å². The van der Waals surface area contributed by atoms with Gasteiger partial charge in [0.2, 0.25) is 5.91 Å². The van der Waals surface area contributed by atoms with Crippen molar-refractivity contribution in [1.29, 1.82) is 0 Å². The Kier molecular flexibility index (Phi) is 5.17. The third kappa shape index (κ3) is 4.09. The molecule has 0 unspecified atom stereocenters. The van der Waals surface area contributed by atoms with Crippen LogP contribution in [0.25, 0.3) is 0 Å². The smallest absolute Gasteiger partial charge is 0.234 e. The van der Waals surface area contributed by atoms with Crippen LogP contribution in [0.3, 0.4) is 0 Å². The third-order valence-corrected chi connectivity index (χ3v) is 3.81. The number of nitrogens with one attached hydrogen (secondary N) is 1. The number of benzene rings is 1. The lowest BCUT2D eigenvalue weighted by molar-refractivity contribution is -0.113.